The largest absolute Gasteiger partial charge is 0.331 e. The quantitative estimate of drug-likeness (QED) is 0.328. The molecule has 4 aromatic rings. The van der Waals surface area contributed by atoms with Crippen LogP contribution in [0, 0.1) is 10.1 Å². The van der Waals surface area contributed by atoms with Gasteiger partial charge in [0, 0.05) is 27.9 Å². The zero-order valence-electron chi connectivity index (χ0n) is 14.8. The summed E-state index contributed by atoms with van der Waals surface area (Å²) in [6.45, 7) is 0.0856. The average molecular weight is 372 g/mol. The Morgan fingerprint density at radius 1 is 0.964 bits per heavy atom. The highest BCUT2D eigenvalue weighted by Gasteiger charge is 2.13. The second-order valence-electron chi connectivity index (χ2n) is 6.23. The van der Waals surface area contributed by atoms with Crippen LogP contribution in [0.3, 0.4) is 0 Å². The predicted octanol–water partition coefficient (Wildman–Crippen LogP) is 3.85. The van der Waals surface area contributed by atoms with Gasteiger partial charge < -0.3 is 4.57 Å². The van der Waals surface area contributed by atoms with Crippen LogP contribution in [0.2, 0.25) is 0 Å². The van der Waals surface area contributed by atoms with Gasteiger partial charge in [-0.1, -0.05) is 48.5 Å². The molecule has 0 saturated heterocycles. The van der Waals surface area contributed by atoms with Crippen molar-refractivity contribution in [2.45, 2.75) is 6.54 Å². The topological polar surface area (TPSA) is 89.5 Å². The molecule has 0 fully saturated rings. The smallest absolute Gasteiger partial charge is 0.278 e. The van der Waals surface area contributed by atoms with E-state index in [1.807, 2.05) is 53.1 Å². The van der Waals surface area contributed by atoms with Gasteiger partial charge in [-0.3, -0.25) is 14.9 Å². The van der Waals surface area contributed by atoms with Crippen LogP contribution in [0.5, 0.6) is 0 Å². The van der Waals surface area contributed by atoms with Gasteiger partial charge in [0.2, 0.25) is 0 Å². The van der Waals surface area contributed by atoms with Crippen LogP contribution in [0.4, 0.5) is 5.69 Å². The zero-order valence-corrected chi connectivity index (χ0v) is 14.8. The van der Waals surface area contributed by atoms with Crippen LogP contribution in [-0.2, 0) is 11.3 Å². The van der Waals surface area contributed by atoms with Crippen molar-refractivity contribution in [1.82, 2.24) is 9.99 Å². The zero-order chi connectivity index (χ0) is 19.5. The summed E-state index contributed by atoms with van der Waals surface area (Å²) in [6.07, 6.45) is 1.28. The number of hydrogen-bond acceptors (Lipinski definition) is 4. The first kappa shape index (κ1) is 17.4. The second kappa shape index (κ2) is 7.32. The molecule has 0 spiro atoms. The van der Waals surface area contributed by atoms with E-state index < -0.39 is 4.92 Å². The standard InChI is InChI=1S/C21H16N4O3/c26-21(23-22-13-15-7-1-4-10-18(15)25(27)28)14-24-19-11-5-2-8-16(19)17-9-3-6-12-20(17)24/h1-13H,14H2,(H,23,26)/b22-13+. The number of nitrogens with one attached hydrogen (secondary N) is 1. The van der Waals surface area contributed by atoms with E-state index >= 15 is 0 Å². The molecule has 138 valence electrons. The van der Waals surface area contributed by atoms with Crippen molar-refractivity contribution in [3.8, 4) is 0 Å². The Hall–Kier alpha value is -4.00. The Morgan fingerprint density at radius 3 is 2.18 bits per heavy atom. The van der Waals surface area contributed by atoms with E-state index in [1.54, 1.807) is 18.2 Å². The van der Waals surface area contributed by atoms with Gasteiger partial charge in [0.15, 0.2) is 0 Å². The molecule has 0 saturated carbocycles. The van der Waals surface area contributed by atoms with Gasteiger partial charge in [-0.2, -0.15) is 5.10 Å². The van der Waals surface area contributed by atoms with Crippen LogP contribution >= 0.6 is 0 Å². The van der Waals surface area contributed by atoms with Crippen LogP contribution in [0.15, 0.2) is 77.9 Å². The fraction of sp³-hybridized carbons (Fsp3) is 0.0476. The maximum atomic E-state index is 12.4. The molecule has 0 aliphatic heterocycles. The monoisotopic (exact) mass is 372 g/mol. The molecule has 0 radical (unpaired) electrons. The van der Waals surface area contributed by atoms with Crippen molar-refractivity contribution >= 4 is 39.6 Å². The van der Waals surface area contributed by atoms with Crippen LogP contribution < -0.4 is 5.43 Å². The molecule has 7 heteroatoms. The lowest BCUT2D eigenvalue weighted by molar-refractivity contribution is -0.385. The van der Waals surface area contributed by atoms with Crippen molar-refractivity contribution in [3.63, 3.8) is 0 Å². The number of carbonyl (C=O) groups is 1. The molecule has 0 aliphatic carbocycles. The molecule has 0 bridgehead atoms. The van der Waals surface area contributed by atoms with E-state index in [1.165, 1.54) is 12.3 Å². The number of nitrogens with zero attached hydrogens (tertiary/aromatic N) is 3. The molecule has 1 heterocycles. The first-order valence-electron chi connectivity index (χ1n) is 8.66. The Labute approximate surface area is 160 Å². The van der Waals surface area contributed by atoms with E-state index in [-0.39, 0.29) is 18.1 Å². The third-order valence-corrected chi connectivity index (χ3v) is 4.51. The molecule has 1 aromatic heterocycles. The third-order valence-electron chi connectivity index (χ3n) is 4.51. The SMILES string of the molecule is O=C(Cn1c2ccccc2c2ccccc21)N/N=C/c1ccccc1[N+](=O)[O-]. The Kier molecular flexibility index (Phi) is 4.55. The molecule has 1 N–H and O–H groups in total. The van der Waals surface area contributed by atoms with Crippen LogP contribution in [-0.4, -0.2) is 21.6 Å². The van der Waals surface area contributed by atoms with E-state index in [0.717, 1.165) is 21.8 Å². The summed E-state index contributed by atoms with van der Waals surface area (Å²) in [5.41, 5.74) is 4.63. The lowest BCUT2D eigenvalue weighted by Crippen LogP contribution is -2.23. The van der Waals surface area contributed by atoms with Gasteiger partial charge in [0.25, 0.3) is 11.6 Å². The third kappa shape index (κ3) is 3.21. The lowest BCUT2D eigenvalue weighted by Gasteiger charge is -2.06. The molecule has 7 nitrogen and oxygen atoms in total. The molecule has 4 rings (SSSR count). The first-order chi connectivity index (χ1) is 13.6. The fourth-order valence-corrected chi connectivity index (χ4v) is 3.29. The minimum Gasteiger partial charge on any atom is -0.331 e. The Bertz CT molecular complexity index is 1170. The minimum atomic E-state index is -0.485. The van der Waals surface area contributed by atoms with Crippen molar-refractivity contribution in [2.75, 3.05) is 0 Å². The van der Waals surface area contributed by atoms with E-state index in [9.17, 15) is 14.9 Å². The normalized spacial score (nSPS) is 11.3. The first-order valence-corrected chi connectivity index (χ1v) is 8.66. The Morgan fingerprint density at radius 2 is 1.54 bits per heavy atom. The maximum Gasteiger partial charge on any atom is 0.278 e. The number of benzene rings is 3. The van der Waals surface area contributed by atoms with E-state index in [2.05, 4.69) is 10.5 Å². The minimum absolute atomic E-state index is 0.0668. The van der Waals surface area contributed by atoms with E-state index in [0.29, 0.717) is 5.56 Å². The van der Waals surface area contributed by atoms with Gasteiger partial charge in [-0.05, 0) is 18.2 Å². The van der Waals surface area contributed by atoms with Crippen molar-refractivity contribution in [1.29, 1.82) is 0 Å². The fourth-order valence-electron chi connectivity index (χ4n) is 3.29. The number of para-hydroxylation sites is 3. The highest BCUT2D eigenvalue weighted by atomic mass is 16.6. The molecular formula is C21H16N4O3. The molecule has 0 aliphatic rings. The summed E-state index contributed by atoms with van der Waals surface area (Å²) in [5, 5.41) is 17.1. The van der Waals surface area contributed by atoms with Crippen molar-refractivity contribution in [2.24, 2.45) is 5.10 Å². The molecular weight excluding hydrogens is 356 g/mol. The molecule has 3 aromatic carbocycles. The molecule has 28 heavy (non-hydrogen) atoms. The summed E-state index contributed by atoms with van der Waals surface area (Å²) >= 11 is 0. The summed E-state index contributed by atoms with van der Waals surface area (Å²) in [6, 6.07) is 22.0. The number of nitro groups is 1. The maximum absolute atomic E-state index is 12.4. The summed E-state index contributed by atoms with van der Waals surface area (Å²) < 4.78 is 1.93. The van der Waals surface area contributed by atoms with Crippen molar-refractivity contribution < 1.29 is 9.72 Å². The predicted molar refractivity (Wildman–Crippen MR) is 108 cm³/mol. The average Bonchev–Trinajstić information content (AvgIpc) is 3.02. The van der Waals surface area contributed by atoms with E-state index in [4.69, 9.17) is 0 Å². The molecule has 0 atom stereocenters. The van der Waals surface area contributed by atoms with Gasteiger partial charge in [0.05, 0.1) is 16.7 Å². The summed E-state index contributed by atoms with van der Waals surface area (Å²) in [5.74, 6) is -0.318. The van der Waals surface area contributed by atoms with Gasteiger partial charge in [-0.25, -0.2) is 5.43 Å². The number of nitro benzene ring substituents is 1. The molecule has 1 amide bonds. The number of rotatable bonds is 5. The number of aromatic nitrogens is 1. The van der Waals surface area contributed by atoms with Crippen molar-refractivity contribution in [3.05, 3.63) is 88.5 Å². The second-order valence-corrected chi connectivity index (χ2v) is 6.23. The van der Waals surface area contributed by atoms with Gasteiger partial charge in [-0.15, -0.1) is 0 Å². The van der Waals surface area contributed by atoms with Gasteiger partial charge >= 0.3 is 0 Å². The van der Waals surface area contributed by atoms with Crippen LogP contribution in [0.1, 0.15) is 5.56 Å². The number of amides is 1. The summed E-state index contributed by atoms with van der Waals surface area (Å²) in [7, 11) is 0. The highest BCUT2D eigenvalue weighted by Crippen LogP contribution is 2.28. The lowest BCUT2D eigenvalue weighted by atomic mass is 10.2. The summed E-state index contributed by atoms with van der Waals surface area (Å²) in [4.78, 5) is 23.0. The highest BCUT2D eigenvalue weighted by molar-refractivity contribution is 6.08. The van der Waals surface area contributed by atoms with Gasteiger partial charge in [0.1, 0.15) is 6.54 Å². The Balaban J connectivity index is 1.57. The number of hydrazone groups is 1. The number of hydrogen-bond donors (Lipinski definition) is 1. The molecule has 0 unspecified atom stereocenters. The van der Waals surface area contributed by atoms with Crippen LogP contribution in [0.25, 0.3) is 21.8 Å². The number of carbonyl (C=O) groups excluding carboxylic acids is 1. The number of fused-ring (bicyclic) bond motifs is 3.